The molecule has 6 aliphatic heterocycles. The summed E-state index contributed by atoms with van der Waals surface area (Å²) in [6.45, 7) is 14.5. The van der Waals surface area contributed by atoms with Gasteiger partial charge < -0.3 is 107 Å². The highest BCUT2D eigenvalue weighted by Gasteiger charge is 2.59. The first-order valence-electron chi connectivity index (χ1n) is 50.9. The summed E-state index contributed by atoms with van der Waals surface area (Å²) >= 11 is 0. The van der Waals surface area contributed by atoms with E-state index in [1.54, 1.807) is 20.8 Å². The van der Waals surface area contributed by atoms with Crippen molar-refractivity contribution in [2.45, 2.75) is 594 Å². The molecule has 6 saturated heterocycles. The van der Waals surface area contributed by atoms with Crippen molar-refractivity contribution < 1.29 is 126 Å². The average Bonchev–Trinajstić information content (AvgIpc) is 0.768. The van der Waals surface area contributed by atoms with E-state index >= 15 is 0 Å². The normalized spacial score (nSPS) is 32.5. The third kappa shape index (κ3) is 41.5. The van der Waals surface area contributed by atoms with Crippen LogP contribution >= 0.6 is 0 Å². The minimum atomic E-state index is -2.06. The Balaban J connectivity index is 1.26. The highest BCUT2D eigenvalue weighted by molar-refractivity contribution is 5.70. The van der Waals surface area contributed by atoms with E-state index < -0.39 is 184 Å². The molecule has 0 aromatic heterocycles. The van der Waals surface area contributed by atoms with Gasteiger partial charge in [-0.3, -0.25) is 19.2 Å². The van der Waals surface area contributed by atoms with Gasteiger partial charge in [0, 0.05) is 25.7 Å². The molecule has 26 atom stereocenters. The van der Waals surface area contributed by atoms with Crippen molar-refractivity contribution in [3.05, 3.63) is 0 Å². The van der Waals surface area contributed by atoms with E-state index in [0.29, 0.717) is 44.9 Å². The quantitative estimate of drug-likeness (QED) is 0.0159. The standard InChI is InChI=1S/C98H178O26/c1-9-13-17-20-23-26-29-32-33-34-35-38-39-42-47-52-58-64-75(99)111-68-74-80(104)81(105)84(108)95(117-74)124-92-89(122-94-85(109)83(107)87(70(6)113-94)118-76(100)65-59-53-48-43-40-36-30-27-24-21-18-14-10-2)72(8)115-98(93(92)120-78(102)67-61-54-49-44-41-37-31-28-25-22-19-15-11-3)121-88-71(7)114-97-91(86(88)110)119-77(101)66-60-55-50-45-46-51-57-63-73(62-56-16-12-4)116-96-90(123-97)82(106)79(103)69(5)112-96/h69-74,79-98,103-110H,9-68H2,1-8H3/t69-,70+,71+,72+,73+,74-,79+,80-,81+,82+,83+,84-,85-,86-,87+,88+,89+,90-,91-,92-,93-,94+,95+,96+,97+,98+/m1/s1. The SMILES string of the molecule is CCCCCCCCCCCCCCCCCCCC(=O)OC[C@H]1O[C@@H](O[C@@H]2[C@@H](O[C@@H]3O[C@@H](C)[C@H](OC(=O)CCCCCCCCCCCCCCC)[C@@H](O)[C@H]3O)[C@H](C)O[C@@H](O[C@@H]3[C@@H](O)[C@H]4OC(=O)CCCCCCCCC[C@H](CCCCC)O[C@@H]5O[C@H](C)[C@H](O)[C@H](O)[C@H]5O[C@@H]4O[C@H]3C)[C@@H]2OC(=O)CCCCCCCCCCCCCCC)[C@H](O)[C@@H](O)[C@@H]1O. The third-order valence-electron chi connectivity index (χ3n) is 26.4. The molecule has 6 rings (SSSR count). The molecule has 0 aromatic rings. The molecule has 0 radical (unpaired) electrons. The molecule has 0 bridgehead atoms. The number of hydrogen-bond donors (Lipinski definition) is 8. The fourth-order valence-corrected chi connectivity index (χ4v) is 18.4. The second kappa shape index (κ2) is 65.7. The topological polar surface area (TPSA) is 359 Å². The second-order valence-corrected chi connectivity index (χ2v) is 37.4. The Labute approximate surface area is 747 Å². The van der Waals surface area contributed by atoms with Crippen LogP contribution in [0, 0.1) is 0 Å². The number of aliphatic hydroxyl groups is 8. The number of carbonyl (C=O) groups excluding carboxylic acids is 4. The van der Waals surface area contributed by atoms with Crippen LogP contribution in [-0.4, -0.2) is 231 Å². The van der Waals surface area contributed by atoms with Gasteiger partial charge >= 0.3 is 23.9 Å². The van der Waals surface area contributed by atoms with E-state index in [0.717, 1.165) is 141 Å². The second-order valence-electron chi connectivity index (χ2n) is 37.4. The zero-order valence-electron chi connectivity index (χ0n) is 78.4. The van der Waals surface area contributed by atoms with Gasteiger partial charge in [-0.1, -0.05) is 342 Å². The van der Waals surface area contributed by atoms with Gasteiger partial charge in [0.2, 0.25) is 0 Å². The lowest BCUT2D eigenvalue weighted by Gasteiger charge is -2.51. The Kier molecular flexibility index (Phi) is 58.2. The van der Waals surface area contributed by atoms with Gasteiger partial charge in [-0.15, -0.1) is 0 Å². The molecule has 726 valence electrons. The molecule has 0 aromatic carbocycles. The van der Waals surface area contributed by atoms with Crippen molar-refractivity contribution in [3.63, 3.8) is 0 Å². The highest BCUT2D eigenvalue weighted by Crippen LogP contribution is 2.40. The number of rotatable bonds is 60. The lowest BCUT2D eigenvalue weighted by Crippen LogP contribution is -2.68. The summed E-state index contributed by atoms with van der Waals surface area (Å²) < 4.78 is 90.6. The summed E-state index contributed by atoms with van der Waals surface area (Å²) in [5.41, 5.74) is 0. The Morgan fingerprint density at radius 3 is 1.17 bits per heavy atom. The maximum atomic E-state index is 14.9. The Hall–Kier alpha value is -2.84. The smallest absolute Gasteiger partial charge is 0.306 e. The lowest BCUT2D eigenvalue weighted by molar-refractivity contribution is -0.400. The van der Waals surface area contributed by atoms with Crippen LogP contribution in [0.25, 0.3) is 0 Å². The first kappa shape index (κ1) is 110. The van der Waals surface area contributed by atoms with Gasteiger partial charge in [0.25, 0.3) is 0 Å². The Bertz CT molecular complexity index is 2700. The summed E-state index contributed by atoms with van der Waals surface area (Å²) in [6, 6.07) is 0. The van der Waals surface area contributed by atoms with Crippen molar-refractivity contribution in [1.29, 1.82) is 0 Å². The fraction of sp³-hybridized carbons (Fsp3) is 0.959. The van der Waals surface area contributed by atoms with Crippen molar-refractivity contribution >= 4 is 23.9 Å². The monoisotopic (exact) mass is 1770 g/mol. The van der Waals surface area contributed by atoms with Gasteiger partial charge in [0.15, 0.2) is 49.8 Å². The highest BCUT2D eigenvalue weighted by atomic mass is 16.8. The number of aliphatic hydroxyl groups excluding tert-OH is 8. The summed E-state index contributed by atoms with van der Waals surface area (Å²) in [7, 11) is 0. The third-order valence-corrected chi connectivity index (χ3v) is 26.4. The molecule has 124 heavy (non-hydrogen) atoms. The average molecular weight is 1770 g/mol. The van der Waals surface area contributed by atoms with Crippen LogP contribution in [0.1, 0.15) is 434 Å². The van der Waals surface area contributed by atoms with E-state index in [4.69, 9.17) is 66.3 Å². The van der Waals surface area contributed by atoms with E-state index in [-0.39, 0.29) is 31.8 Å². The molecule has 6 fully saturated rings. The minimum Gasteiger partial charge on any atom is -0.463 e. The van der Waals surface area contributed by atoms with Crippen LogP contribution in [0.3, 0.4) is 0 Å². The first-order valence-corrected chi connectivity index (χ1v) is 50.9. The summed E-state index contributed by atoms with van der Waals surface area (Å²) in [4.78, 5) is 56.1. The number of carbonyl (C=O) groups is 4. The zero-order valence-corrected chi connectivity index (χ0v) is 78.4. The number of unbranched alkanes of at least 4 members (excludes halogenated alkanes) is 42. The number of hydrogen-bond acceptors (Lipinski definition) is 26. The molecule has 6 heterocycles. The fourth-order valence-electron chi connectivity index (χ4n) is 18.4. The predicted molar refractivity (Wildman–Crippen MR) is 474 cm³/mol. The maximum Gasteiger partial charge on any atom is 0.306 e. The number of ether oxygens (including phenoxy) is 14. The lowest BCUT2D eigenvalue weighted by atomic mass is 9.95. The van der Waals surface area contributed by atoms with Gasteiger partial charge in [0.05, 0.1) is 30.5 Å². The van der Waals surface area contributed by atoms with E-state index in [1.165, 1.54) is 174 Å². The molecule has 8 N–H and O–H groups in total. The molecule has 0 saturated carbocycles. The zero-order chi connectivity index (χ0) is 89.6. The van der Waals surface area contributed by atoms with Crippen LogP contribution in [0.2, 0.25) is 0 Å². The van der Waals surface area contributed by atoms with Crippen LogP contribution in [-0.2, 0) is 85.5 Å². The largest absolute Gasteiger partial charge is 0.463 e. The van der Waals surface area contributed by atoms with Gasteiger partial charge in [-0.05, 0) is 66.2 Å². The Morgan fingerprint density at radius 1 is 0.306 bits per heavy atom. The Morgan fingerprint density at radius 2 is 0.677 bits per heavy atom. The molecular formula is C98H178O26. The number of fused-ring (bicyclic) bond motifs is 2. The molecule has 0 unspecified atom stereocenters. The minimum absolute atomic E-state index is 0.0429. The van der Waals surface area contributed by atoms with E-state index in [1.807, 2.05) is 0 Å². The molecule has 6 aliphatic rings. The van der Waals surface area contributed by atoms with Crippen molar-refractivity contribution in [3.8, 4) is 0 Å². The van der Waals surface area contributed by atoms with Crippen LogP contribution in [0.15, 0.2) is 0 Å². The molecule has 0 aliphatic carbocycles. The molecular weight excluding hydrogens is 1590 g/mol. The molecule has 26 nitrogen and oxygen atoms in total. The van der Waals surface area contributed by atoms with Gasteiger partial charge in [-0.2, -0.15) is 0 Å². The predicted octanol–water partition coefficient (Wildman–Crippen LogP) is 17.9. The van der Waals surface area contributed by atoms with E-state index in [9.17, 15) is 60.0 Å². The molecule has 26 heteroatoms. The van der Waals surface area contributed by atoms with Crippen molar-refractivity contribution in [1.82, 2.24) is 0 Å². The summed E-state index contributed by atoms with van der Waals surface area (Å²) in [5, 5.41) is 96.0. The van der Waals surface area contributed by atoms with E-state index in [2.05, 4.69) is 27.7 Å². The molecule has 0 amide bonds. The molecule has 0 spiro atoms. The summed E-state index contributed by atoms with van der Waals surface area (Å²) in [5.74, 6) is -2.63. The van der Waals surface area contributed by atoms with Crippen LogP contribution in [0.5, 0.6) is 0 Å². The maximum absolute atomic E-state index is 14.9. The van der Waals surface area contributed by atoms with Crippen LogP contribution in [0.4, 0.5) is 0 Å². The van der Waals surface area contributed by atoms with Crippen LogP contribution < -0.4 is 0 Å². The van der Waals surface area contributed by atoms with Gasteiger partial charge in [-0.25, -0.2) is 0 Å². The number of esters is 4. The van der Waals surface area contributed by atoms with Gasteiger partial charge in [0.1, 0.15) is 86.0 Å². The first-order chi connectivity index (χ1) is 60.1. The summed E-state index contributed by atoms with van der Waals surface area (Å²) in [6.07, 6.45) is 17.9. The van der Waals surface area contributed by atoms with Crippen molar-refractivity contribution in [2.24, 2.45) is 0 Å². The van der Waals surface area contributed by atoms with Crippen molar-refractivity contribution in [2.75, 3.05) is 6.61 Å².